The fourth-order valence-electron chi connectivity index (χ4n) is 3.70. The summed E-state index contributed by atoms with van der Waals surface area (Å²) in [6, 6.07) is 13.2. The Labute approximate surface area is 219 Å². The molecule has 0 fully saturated rings. The number of carbonyl (C=O) groups excluding carboxylic acids is 2. The molecule has 0 saturated heterocycles. The van der Waals surface area contributed by atoms with Gasteiger partial charge in [-0.3, -0.25) is 13.9 Å². The minimum absolute atomic E-state index is 0.0211. The summed E-state index contributed by atoms with van der Waals surface area (Å²) >= 11 is 6.13. The number of methoxy groups -OCH3 is 1. The largest absolute Gasteiger partial charge is 0.495 e. The number of ether oxygens (including phenoxy) is 1. The third kappa shape index (κ3) is 8.41. The van der Waals surface area contributed by atoms with Crippen LogP contribution in [0.2, 0.25) is 5.02 Å². The summed E-state index contributed by atoms with van der Waals surface area (Å²) in [6.07, 6.45) is 2.21. The van der Waals surface area contributed by atoms with Crippen LogP contribution in [0.1, 0.15) is 45.6 Å². The van der Waals surface area contributed by atoms with Gasteiger partial charge in [0.25, 0.3) is 0 Å². The van der Waals surface area contributed by atoms with Crippen LogP contribution in [-0.2, 0) is 26.2 Å². The van der Waals surface area contributed by atoms with Gasteiger partial charge in [0.2, 0.25) is 21.8 Å². The molecule has 2 unspecified atom stereocenters. The summed E-state index contributed by atoms with van der Waals surface area (Å²) in [5.41, 5.74) is 1.21. The number of sulfonamides is 1. The highest BCUT2D eigenvalue weighted by Gasteiger charge is 2.27. The van der Waals surface area contributed by atoms with E-state index in [2.05, 4.69) is 5.32 Å². The molecule has 0 spiro atoms. The number of hydrogen-bond donors (Lipinski definition) is 1. The first-order valence-corrected chi connectivity index (χ1v) is 14.2. The molecule has 2 atom stereocenters. The van der Waals surface area contributed by atoms with E-state index >= 15 is 0 Å². The van der Waals surface area contributed by atoms with E-state index in [0.717, 1.165) is 18.2 Å². The van der Waals surface area contributed by atoms with E-state index in [4.69, 9.17) is 16.3 Å². The molecule has 8 nitrogen and oxygen atoms in total. The molecule has 0 aliphatic rings. The number of nitrogens with one attached hydrogen (secondary N) is 1. The lowest BCUT2D eigenvalue weighted by Gasteiger charge is -2.30. The van der Waals surface area contributed by atoms with E-state index in [9.17, 15) is 18.0 Å². The molecule has 0 aliphatic heterocycles. The second-order valence-corrected chi connectivity index (χ2v) is 11.1. The highest BCUT2D eigenvalue weighted by molar-refractivity contribution is 7.92. The Hall–Kier alpha value is -2.78. The van der Waals surface area contributed by atoms with Crippen LogP contribution in [-0.4, -0.2) is 57.1 Å². The third-order valence-corrected chi connectivity index (χ3v) is 7.33. The zero-order chi connectivity index (χ0) is 26.9. The molecular weight excluding hydrogens is 502 g/mol. The molecule has 0 aromatic heterocycles. The Balaban J connectivity index is 2.20. The number of benzene rings is 2. The molecule has 2 rings (SSSR count). The van der Waals surface area contributed by atoms with Gasteiger partial charge in [-0.1, -0.05) is 42.8 Å². The topological polar surface area (TPSA) is 96.0 Å². The maximum absolute atomic E-state index is 13.3. The van der Waals surface area contributed by atoms with Crippen molar-refractivity contribution in [3.8, 4) is 5.75 Å². The first kappa shape index (κ1) is 29.5. The van der Waals surface area contributed by atoms with Crippen LogP contribution in [0.4, 0.5) is 5.69 Å². The number of carbonyl (C=O) groups is 2. The average Bonchev–Trinajstić information content (AvgIpc) is 2.83. The van der Waals surface area contributed by atoms with Gasteiger partial charge in [-0.15, -0.1) is 0 Å². The van der Waals surface area contributed by atoms with E-state index in [0.29, 0.717) is 16.5 Å². The Kier molecular flexibility index (Phi) is 11.0. The normalized spacial score (nSPS) is 12.9. The monoisotopic (exact) mass is 537 g/mol. The van der Waals surface area contributed by atoms with E-state index in [1.54, 1.807) is 49.4 Å². The van der Waals surface area contributed by atoms with E-state index < -0.39 is 16.1 Å². The van der Waals surface area contributed by atoms with Gasteiger partial charge in [-0.2, -0.15) is 0 Å². The van der Waals surface area contributed by atoms with Crippen molar-refractivity contribution in [1.82, 2.24) is 10.2 Å². The van der Waals surface area contributed by atoms with Crippen LogP contribution >= 0.6 is 11.6 Å². The molecule has 0 bridgehead atoms. The van der Waals surface area contributed by atoms with Crippen LogP contribution in [0, 0.1) is 0 Å². The van der Waals surface area contributed by atoms with Crippen molar-refractivity contribution >= 4 is 39.1 Å². The number of para-hydroxylation sites is 2. The smallest absolute Gasteiger partial charge is 0.242 e. The Morgan fingerprint density at radius 1 is 1.11 bits per heavy atom. The molecule has 2 amide bonds. The van der Waals surface area contributed by atoms with Crippen LogP contribution in [0.15, 0.2) is 48.5 Å². The van der Waals surface area contributed by atoms with Crippen molar-refractivity contribution in [2.75, 3.05) is 24.2 Å². The van der Waals surface area contributed by atoms with Crippen LogP contribution < -0.4 is 14.4 Å². The summed E-state index contributed by atoms with van der Waals surface area (Å²) in [5.74, 6) is -0.0751. The lowest BCUT2D eigenvalue weighted by molar-refractivity contribution is -0.140. The van der Waals surface area contributed by atoms with Crippen molar-refractivity contribution < 1.29 is 22.7 Å². The number of rotatable bonds is 13. The predicted octanol–water partition coefficient (Wildman–Crippen LogP) is 4.23. The number of anilines is 1. The van der Waals surface area contributed by atoms with Crippen LogP contribution in [0.5, 0.6) is 5.75 Å². The predicted molar refractivity (Wildman–Crippen MR) is 144 cm³/mol. The maximum atomic E-state index is 13.3. The number of halogens is 1. The van der Waals surface area contributed by atoms with E-state index in [1.165, 1.54) is 16.3 Å². The number of nitrogens with zero attached hydrogens (tertiary/aromatic N) is 2. The van der Waals surface area contributed by atoms with Crippen molar-refractivity contribution in [3.63, 3.8) is 0 Å². The number of amides is 2. The second-order valence-electron chi connectivity index (χ2n) is 8.76. The van der Waals surface area contributed by atoms with Gasteiger partial charge < -0.3 is 15.0 Å². The lowest BCUT2D eigenvalue weighted by Crippen LogP contribution is -2.49. The van der Waals surface area contributed by atoms with Gasteiger partial charge in [0, 0.05) is 30.6 Å². The summed E-state index contributed by atoms with van der Waals surface area (Å²) in [5, 5.41) is 3.47. The summed E-state index contributed by atoms with van der Waals surface area (Å²) in [6.45, 7) is 5.86. The Morgan fingerprint density at radius 2 is 1.81 bits per heavy atom. The Morgan fingerprint density at radius 3 is 2.42 bits per heavy atom. The molecule has 2 aromatic carbocycles. The molecule has 0 aliphatic carbocycles. The highest BCUT2D eigenvalue weighted by Crippen LogP contribution is 2.29. The lowest BCUT2D eigenvalue weighted by atomic mass is 10.1. The summed E-state index contributed by atoms with van der Waals surface area (Å²) in [4.78, 5) is 27.7. The molecular formula is C26H36ClN3O5S. The second kappa shape index (κ2) is 13.5. The number of hydrogen-bond acceptors (Lipinski definition) is 5. The van der Waals surface area contributed by atoms with Crippen molar-refractivity contribution in [2.45, 2.75) is 58.7 Å². The first-order valence-electron chi connectivity index (χ1n) is 11.9. The molecule has 0 saturated carbocycles. The van der Waals surface area contributed by atoms with Gasteiger partial charge >= 0.3 is 0 Å². The van der Waals surface area contributed by atoms with Gasteiger partial charge in [0.15, 0.2) is 0 Å². The zero-order valence-electron chi connectivity index (χ0n) is 21.5. The molecule has 2 aromatic rings. The fourth-order valence-corrected chi connectivity index (χ4v) is 4.88. The molecule has 1 N–H and O–H groups in total. The Bertz CT molecular complexity index is 1140. The van der Waals surface area contributed by atoms with Crippen LogP contribution in [0.25, 0.3) is 0 Å². The summed E-state index contributed by atoms with van der Waals surface area (Å²) in [7, 11) is -2.14. The van der Waals surface area contributed by atoms with Gasteiger partial charge in [-0.25, -0.2) is 8.42 Å². The quantitative estimate of drug-likeness (QED) is 0.412. The minimum Gasteiger partial charge on any atom is -0.495 e. The molecule has 0 radical (unpaired) electrons. The van der Waals surface area contributed by atoms with Crippen molar-refractivity contribution in [1.29, 1.82) is 0 Å². The standard InChI is InChI=1S/C26H36ClN3O5S/c1-6-19(2)28-26(32)20(3)29(18-21-11-9-12-22(27)17-21)25(31)15-10-16-30(36(5,33)34)23-13-7-8-14-24(23)35-4/h7-9,11-14,17,19-20H,6,10,15-16,18H2,1-5H3,(H,28,32). The SMILES string of the molecule is CCC(C)NC(=O)C(C)N(Cc1cccc(Cl)c1)C(=O)CCCN(c1ccccc1OC)S(C)(=O)=O. The van der Waals surface area contributed by atoms with Crippen molar-refractivity contribution in [3.05, 3.63) is 59.1 Å². The summed E-state index contributed by atoms with van der Waals surface area (Å²) < 4.78 is 31.6. The molecule has 10 heteroatoms. The third-order valence-electron chi connectivity index (χ3n) is 5.92. The van der Waals surface area contributed by atoms with E-state index in [1.807, 2.05) is 19.9 Å². The van der Waals surface area contributed by atoms with Gasteiger partial charge in [0.1, 0.15) is 11.8 Å². The van der Waals surface area contributed by atoms with Crippen molar-refractivity contribution in [2.24, 2.45) is 0 Å². The van der Waals surface area contributed by atoms with Gasteiger partial charge in [0.05, 0.1) is 19.1 Å². The maximum Gasteiger partial charge on any atom is 0.242 e. The average molecular weight is 538 g/mol. The molecule has 198 valence electrons. The zero-order valence-corrected chi connectivity index (χ0v) is 23.1. The van der Waals surface area contributed by atoms with Gasteiger partial charge in [-0.05, 0) is 56.5 Å². The highest BCUT2D eigenvalue weighted by atomic mass is 35.5. The fraction of sp³-hybridized carbons (Fsp3) is 0.462. The minimum atomic E-state index is -3.62. The van der Waals surface area contributed by atoms with Crippen LogP contribution in [0.3, 0.4) is 0 Å². The van der Waals surface area contributed by atoms with E-state index in [-0.39, 0.29) is 43.8 Å². The molecule has 0 heterocycles. The molecule has 36 heavy (non-hydrogen) atoms. The first-order chi connectivity index (χ1) is 17.0.